The van der Waals surface area contributed by atoms with E-state index < -0.39 is 0 Å². The zero-order valence-electron chi connectivity index (χ0n) is 12.6. The van der Waals surface area contributed by atoms with Crippen molar-refractivity contribution in [3.63, 3.8) is 0 Å². The number of nitrogens with zero attached hydrogens (tertiary/aromatic N) is 2. The molecule has 0 spiro atoms. The highest BCUT2D eigenvalue weighted by molar-refractivity contribution is 7.19. The number of thiophene rings is 1. The molecule has 0 radical (unpaired) electrons. The topological polar surface area (TPSA) is 53.5 Å². The molecule has 0 unspecified atom stereocenters. The Labute approximate surface area is 136 Å². The number of benzene rings is 1. The highest BCUT2D eigenvalue weighted by atomic mass is 32.1. The summed E-state index contributed by atoms with van der Waals surface area (Å²) >= 11 is 1.77. The van der Waals surface area contributed by atoms with E-state index in [-0.39, 0.29) is 6.79 Å². The second kappa shape index (κ2) is 4.83. The van der Waals surface area contributed by atoms with E-state index in [9.17, 15) is 0 Å². The van der Waals surface area contributed by atoms with E-state index in [1.54, 1.807) is 11.3 Å². The number of ether oxygens (including phenoxy) is 3. The van der Waals surface area contributed by atoms with Gasteiger partial charge in [-0.3, -0.25) is 0 Å². The summed E-state index contributed by atoms with van der Waals surface area (Å²) in [6, 6.07) is 5.59. The Morgan fingerprint density at radius 3 is 3.00 bits per heavy atom. The molecule has 0 saturated heterocycles. The summed E-state index contributed by atoms with van der Waals surface area (Å²) in [4.78, 5) is 11.6. The molecule has 0 amide bonds. The Hall–Kier alpha value is -2.34. The smallest absolute Gasteiger partial charge is 0.231 e. The van der Waals surface area contributed by atoms with Crippen molar-refractivity contribution in [2.75, 3.05) is 6.79 Å². The number of hydrogen-bond acceptors (Lipinski definition) is 6. The SMILES string of the molecule is Cc1nc(Oc2ccc3c(c2)OCO3)c2c3c(sc2n1)CCC3. The second-order valence-corrected chi connectivity index (χ2v) is 6.81. The largest absolute Gasteiger partial charge is 0.454 e. The van der Waals surface area contributed by atoms with Gasteiger partial charge < -0.3 is 14.2 Å². The Morgan fingerprint density at radius 1 is 1.13 bits per heavy atom. The highest BCUT2D eigenvalue weighted by Gasteiger charge is 2.23. The standard InChI is InChI=1S/C17H14N2O3S/c1-9-18-16(15-11-3-2-4-14(11)23-17(15)19-9)22-10-5-6-12-13(7-10)21-8-20-12/h5-7H,2-4,8H2,1H3. The first-order valence-electron chi connectivity index (χ1n) is 7.64. The first-order chi connectivity index (χ1) is 11.3. The number of rotatable bonds is 2. The van der Waals surface area contributed by atoms with E-state index >= 15 is 0 Å². The number of fused-ring (bicyclic) bond motifs is 4. The van der Waals surface area contributed by atoms with Gasteiger partial charge in [-0.1, -0.05) is 0 Å². The quantitative estimate of drug-likeness (QED) is 0.712. The summed E-state index contributed by atoms with van der Waals surface area (Å²) in [5, 5.41) is 1.07. The van der Waals surface area contributed by atoms with Crippen LogP contribution in [0.4, 0.5) is 0 Å². The average Bonchev–Trinajstić information content (AvgIpc) is 3.20. The summed E-state index contributed by atoms with van der Waals surface area (Å²) in [6.45, 7) is 2.16. The Kier molecular flexibility index (Phi) is 2.76. The van der Waals surface area contributed by atoms with Crippen molar-refractivity contribution in [3.05, 3.63) is 34.5 Å². The number of hydrogen-bond donors (Lipinski definition) is 0. The predicted molar refractivity (Wildman–Crippen MR) is 86.8 cm³/mol. The van der Waals surface area contributed by atoms with Crippen molar-refractivity contribution >= 4 is 21.6 Å². The van der Waals surface area contributed by atoms with Gasteiger partial charge in [0.15, 0.2) is 11.5 Å². The molecule has 3 aromatic rings. The minimum Gasteiger partial charge on any atom is -0.454 e. The third-order valence-corrected chi connectivity index (χ3v) is 5.39. The van der Waals surface area contributed by atoms with Crippen LogP contribution in [0.15, 0.2) is 18.2 Å². The van der Waals surface area contributed by atoms with Gasteiger partial charge >= 0.3 is 0 Å². The van der Waals surface area contributed by atoms with Gasteiger partial charge in [-0.2, -0.15) is 4.98 Å². The summed E-state index contributed by atoms with van der Waals surface area (Å²) in [7, 11) is 0. The molecule has 2 aromatic heterocycles. The van der Waals surface area contributed by atoms with E-state index in [4.69, 9.17) is 14.2 Å². The Balaban J connectivity index is 1.62. The van der Waals surface area contributed by atoms with E-state index in [1.165, 1.54) is 16.9 Å². The van der Waals surface area contributed by atoms with Crippen LogP contribution in [0.25, 0.3) is 10.2 Å². The molecule has 5 rings (SSSR count). The first kappa shape index (κ1) is 13.1. The van der Waals surface area contributed by atoms with E-state index in [1.807, 2.05) is 25.1 Å². The number of aromatic nitrogens is 2. The molecule has 116 valence electrons. The molecule has 1 aliphatic carbocycles. The van der Waals surface area contributed by atoms with Gasteiger partial charge in [0.1, 0.15) is 16.4 Å². The van der Waals surface area contributed by atoms with Gasteiger partial charge in [-0.15, -0.1) is 11.3 Å². The van der Waals surface area contributed by atoms with Crippen molar-refractivity contribution in [1.82, 2.24) is 9.97 Å². The fraction of sp³-hybridized carbons (Fsp3) is 0.294. The third kappa shape index (κ3) is 2.05. The van der Waals surface area contributed by atoms with E-state index in [0.717, 1.165) is 34.6 Å². The lowest BCUT2D eigenvalue weighted by Crippen LogP contribution is -1.95. The maximum atomic E-state index is 6.10. The van der Waals surface area contributed by atoms with Crippen molar-refractivity contribution in [2.45, 2.75) is 26.2 Å². The molecular weight excluding hydrogens is 312 g/mol. The lowest BCUT2D eigenvalue weighted by atomic mass is 10.2. The molecule has 23 heavy (non-hydrogen) atoms. The van der Waals surface area contributed by atoms with Crippen LogP contribution >= 0.6 is 11.3 Å². The minimum atomic E-state index is 0.258. The molecule has 2 aliphatic rings. The van der Waals surface area contributed by atoms with Gasteiger partial charge in [-0.25, -0.2) is 4.98 Å². The molecule has 0 N–H and O–H groups in total. The molecular formula is C17H14N2O3S. The van der Waals surface area contributed by atoms with Gasteiger partial charge in [0.2, 0.25) is 12.7 Å². The molecule has 3 heterocycles. The van der Waals surface area contributed by atoms with Crippen molar-refractivity contribution in [2.24, 2.45) is 0 Å². The fourth-order valence-electron chi connectivity index (χ4n) is 3.19. The lowest BCUT2D eigenvalue weighted by Gasteiger charge is -2.08. The van der Waals surface area contributed by atoms with Crippen LogP contribution in [0.1, 0.15) is 22.7 Å². The molecule has 0 fully saturated rings. The van der Waals surface area contributed by atoms with Crippen molar-refractivity contribution in [1.29, 1.82) is 0 Å². The summed E-state index contributed by atoms with van der Waals surface area (Å²) in [5.74, 6) is 3.53. The minimum absolute atomic E-state index is 0.258. The van der Waals surface area contributed by atoms with Crippen molar-refractivity contribution < 1.29 is 14.2 Å². The van der Waals surface area contributed by atoms with Crippen molar-refractivity contribution in [3.8, 4) is 23.1 Å². The van der Waals surface area contributed by atoms with Gasteiger partial charge in [0.25, 0.3) is 0 Å². The Bertz CT molecular complexity index is 935. The van der Waals surface area contributed by atoms with Crippen LogP contribution in [0.3, 0.4) is 0 Å². The molecule has 1 aliphatic heterocycles. The zero-order chi connectivity index (χ0) is 15.4. The second-order valence-electron chi connectivity index (χ2n) is 5.73. The maximum Gasteiger partial charge on any atom is 0.231 e. The van der Waals surface area contributed by atoms with Crippen LogP contribution in [0, 0.1) is 6.92 Å². The van der Waals surface area contributed by atoms with Gasteiger partial charge in [0, 0.05) is 10.9 Å². The summed E-state index contributed by atoms with van der Waals surface area (Å²) < 4.78 is 16.9. The fourth-order valence-corrected chi connectivity index (χ4v) is 4.49. The van der Waals surface area contributed by atoms with Crippen LogP contribution in [-0.4, -0.2) is 16.8 Å². The predicted octanol–water partition coefficient (Wildman–Crippen LogP) is 4.01. The van der Waals surface area contributed by atoms with Crippen LogP contribution < -0.4 is 14.2 Å². The molecule has 5 nitrogen and oxygen atoms in total. The average molecular weight is 326 g/mol. The van der Waals surface area contributed by atoms with Crippen LogP contribution in [-0.2, 0) is 12.8 Å². The normalized spacial score (nSPS) is 15.2. The molecule has 0 saturated carbocycles. The van der Waals surface area contributed by atoms with Crippen LogP contribution in [0.2, 0.25) is 0 Å². The molecule has 0 bridgehead atoms. The van der Waals surface area contributed by atoms with E-state index in [2.05, 4.69) is 9.97 Å². The zero-order valence-corrected chi connectivity index (χ0v) is 13.4. The summed E-state index contributed by atoms with van der Waals surface area (Å²) in [6.07, 6.45) is 3.42. The summed E-state index contributed by atoms with van der Waals surface area (Å²) in [5.41, 5.74) is 1.36. The van der Waals surface area contributed by atoms with Crippen LogP contribution in [0.5, 0.6) is 23.1 Å². The lowest BCUT2D eigenvalue weighted by molar-refractivity contribution is 0.174. The highest BCUT2D eigenvalue weighted by Crippen LogP contribution is 2.42. The molecule has 0 atom stereocenters. The Morgan fingerprint density at radius 2 is 2.04 bits per heavy atom. The van der Waals surface area contributed by atoms with E-state index in [0.29, 0.717) is 17.4 Å². The molecule has 6 heteroatoms. The van der Waals surface area contributed by atoms with Gasteiger partial charge in [0.05, 0.1) is 5.39 Å². The van der Waals surface area contributed by atoms with Gasteiger partial charge in [-0.05, 0) is 43.9 Å². The monoisotopic (exact) mass is 326 g/mol. The molecule has 1 aromatic carbocycles. The first-order valence-corrected chi connectivity index (χ1v) is 8.46. The third-order valence-electron chi connectivity index (χ3n) is 4.20. The maximum absolute atomic E-state index is 6.10. The number of aryl methyl sites for hydroxylation is 3.